The van der Waals surface area contributed by atoms with Gasteiger partial charge in [0.2, 0.25) is 0 Å². The number of nitriles is 1. The van der Waals surface area contributed by atoms with Gasteiger partial charge in [-0.05, 0) is 18.6 Å². The fourth-order valence-electron chi connectivity index (χ4n) is 1.47. The van der Waals surface area contributed by atoms with Crippen molar-refractivity contribution in [2.24, 2.45) is 0 Å². The lowest BCUT2D eigenvalue weighted by molar-refractivity contribution is 0.421. The van der Waals surface area contributed by atoms with Crippen LogP contribution in [0.4, 0.5) is 0 Å². The average Bonchev–Trinajstić information content (AvgIpc) is 2.60. The second kappa shape index (κ2) is 3.32. The Bertz CT molecular complexity index is 522. The van der Waals surface area contributed by atoms with Gasteiger partial charge in [0.05, 0.1) is 17.4 Å². The summed E-state index contributed by atoms with van der Waals surface area (Å²) < 4.78 is 6.23. The van der Waals surface area contributed by atoms with E-state index in [1.807, 2.05) is 24.4 Å². The number of hydrogen-bond donors (Lipinski definition) is 0. The predicted octanol–water partition coefficient (Wildman–Crippen LogP) is 3.09. The Hall–Kier alpha value is -1.53. The Morgan fingerprint density at radius 3 is 2.86 bits per heavy atom. The van der Waals surface area contributed by atoms with Crippen LogP contribution in [0, 0.1) is 18.3 Å². The third-order valence-electron chi connectivity index (χ3n) is 2.25. The molecule has 0 saturated carbocycles. The summed E-state index contributed by atoms with van der Waals surface area (Å²) in [6, 6.07) is 6.19. The molecule has 14 heavy (non-hydrogen) atoms. The first-order valence-corrected chi connectivity index (χ1v) is 5.10. The van der Waals surface area contributed by atoms with Crippen LogP contribution >= 0.6 is 11.3 Å². The zero-order valence-electron chi connectivity index (χ0n) is 8.00. The maximum Gasteiger partial charge on any atom is 0.137 e. The Balaban J connectivity index is 2.85. The summed E-state index contributed by atoms with van der Waals surface area (Å²) >= 11 is 1.56. The topological polar surface area (TPSA) is 33.0 Å². The Kier molecular flexibility index (Phi) is 2.14. The molecule has 0 atom stereocenters. The van der Waals surface area contributed by atoms with Gasteiger partial charge < -0.3 is 4.74 Å². The average molecular weight is 203 g/mol. The van der Waals surface area contributed by atoms with E-state index in [9.17, 15) is 0 Å². The fraction of sp³-hybridized carbons (Fsp3) is 0.182. The number of rotatable bonds is 1. The normalized spacial score (nSPS) is 10.1. The fourth-order valence-corrected chi connectivity index (χ4v) is 2.54. The molecule has 2 aromatic rings. The van der Waals surface area contributed by atoms with Crippen LogP contribution in [-0.4, -0.2) is 7.11 Å². The zero-order chi connectivity index (χ0) is 10.1. The van der Waals surface area contributed by atoms with Crippen molar-refractivity contribution in [3.8, 4) is 11.8 Å². The maximum absolute atomic E-state index is 9.01. The van der Waals surface area contributed by atoms with E-state index in [0.29, 0.717) is 0 Å². The van der Waals surface area contributed by atoms with Crippen LogP contribution < -0.4 is 4.74 Å². The standard InChI is InChI=1S/C11H9NOS/c1-7-3-4-8-10(13-2)6-14-11(8)9(7)5-12/h3-4,6H,1-2H3. The molecule has 0 aliphatic heterocycles. The van der Waals surface area contributed by atoms with E-state index in [1.54, 1.807) is 18.4 Å². The van der Waals surface area contributed by atoms with Gasteiger partial charge in [-0.1, -0.05) is 6.07 Å². The van der Waals surface area contributed by atoms with Crippen LogP contribution in [0.5, 0.6) is 5.75 Å². The molecule has 0 radical (unpaired) electrons. The SMILES string of the molecule is COc1csc2c(C#N)c(C)ccc12. The van der Waals surface area contributed by atoms with E-state index in [4.69, 9.17) is 10.00 Å². The van der Waals surface area contributed by atoms with E-state index in [-0.39, 0.29) is 0 Å². The number of fused-ring (bicyclic) bond motifs is 1. The monoisotopic (exact) mass is 203 g/mol. The molecule has 1 heterocycles. The number of hydrogen-bond acceptors (Lipinski definition) is 3. The highest BCUT2D eigenvalue weighted by Crippen LogP contribution is 2.35. The smallest absolute Gasteiger partial charge is 0.137 e. The molecule has 70 valence electrons. The molecule has 0 saturated heterocycles. The van der Waals surface area contributed by atoms with E-state index in [1.165, 1.54) is 0 Å². The van der Waals surface area contributed by atoms with Crippen LogP contribution in [0.2, 0.25) is 0 Å². The largest absolute Gasteiger partial charge is 0.495 e. The van der Waals surface area contributed by atoms with Gasteiger partial charge in [0.1, 0.15) is 11.8 Å². The lowest BCUT2D eigenvalue weighted by atomic mass is 10.1. The molecule has 2 rings (SSSR count). The molecular weight excluding hydrogens is 194 g/mol. The summed E-state index contributed by atoms with van der Waals surface area (Å²) in [6.07, 6.45) is 0. The molecule has 0 bridgehead atoms. The zero-order valence-corrected chi connectivity index (χ0v) is 8.81. The van der Waals surface area contributed by atoms with Crippen LogP contribution in [0.15, 0.2) is 17.5 Å². The van der Waals surface area contributed by atoms with Crippen molar-refractivity contribution in [3.05, 3.63) is 28.6 Å². The number of methoxy groups -OCH3 is 1. The van der Waals surface area contributed by atoms with Crippen molar-refractivity contribution >= 4 is 21.4 Å². The lowest BCUT2D eigenvalue weighted by Crippen LogP contribution is -1.83. The van der Waals surface area contributed by atoms with E-state index < -0.39 is 0 Å². The number of nitrogens with zero attached hydrogens (tertiary/aromatic N) is 1. The van der Waals surface area contributed by atoms with E-state index in [2.05, 4.69) is 6.07 Å². The summed E-state index contributed by atoms with van der Waals surface area (Å²) in [7, 11) is 1.65. The molecule has 1 aromatic heterocycles. The van der Waals surface area contributed by atoms with Gasteiger partial charge in [-0.25, -0.2) is 0 Å². The van der Waals surface area contributed by atoms with Crippen molar-refractivity contribution < 1.29 is 4.74 Å². The molecule has 2 nitrogen and oxygen atoms in total. The second-order valence-corrected chi connectivity index (χ2v) is 3.93. The van der Waals surface area contributed by atoms with E-state index in [0.717, 1.165) is 27.0 Å². The van der Waals surface area contributed by atoms with Crippen LogP contribution in [0.25, 0.3) is 10.1 Å². The molecule has 0 aliphatic rings. The lowest BCUT2D eigenvalue weighted by Gasteiger charge is -1.99. The Morgan fingerprint density at radius 2 is 2.21 bits per heavy atom. The molecule has 0 spiro atoms. The third kappa shape index (κ3) is 1.16. The minimum atomic E-state index is 0.760. The number of thiophene rings is 1. The summed E-state index contributed by atoms with van der Waals surface area (Å²) in [5, 5.41) is 12.0. The molecule has 0 amide bonds. The summed E-state index contributed by atoms with van der Waals surface area (Å²) in [5.41, 5.74) is 1.78. The molecular formula is C11H9NOS. The molecule has 0 N–H and O–H groups in total. The van der Waals surface area contributed by atoms with E-state index >= 15 is 0 Å². The first kappa shape index (κ1) is 9.04. The van der Waals surface area contributed by atoms with Gasteiger partial charge >= 0.3 is 0 Å². The third-order valence-corrected chi connectivity index (χ3v) is 3.24. The minimum Gasteiger partial charge on any atom is -0.495 e. The number of ether oxygens (including phenoxy) is 1. The molecule has 0 aliphatic carbocycles. The van der Waals surface area contributed by atoms with Gasteiger partial charge in [-0.3, -0.25) is 0 Å². The van der Waals surface area contributed by atoms with Crippen LogP contribution in [0.3, 0.4) is 0 Å². The molecule has 1 aromatic carbocycles. The van der Waals surface area contributed by atoms with Crippen LogP contribution in [-0.2, 0) is 0 Å². The molecule has 0 fully saturated rings. The van der Waals surface area contributed by atoms with Gasteiger partial charge in [-0.15, -0.1) is 11.3 Å². The van der Waals surface area contributed by atoms with Crippen LogP contribution in [0.1, 0.15) is 11.1 Å². The van der Waals surface area contributed by atoms with Gasteiger partial charge in [0.15, 0.2) is 0 Å². The summed E-state index contributed by atoms with van der Waals surface area (Å²) in [6.45, 7) is 1.95. The Labute approximate surface area is 86.4 Å². The summed E-state index contributed by atoms with van der Waals surface area (Å²) in [5.74, 6) is 0.849. The van der Waals surface area contributed by atoms with Gasteiger partial charge in [0, 0.05) is 10.8 Å². The first-order chi connectivity index (χ1) is 6.77. The van der Waals surface area contributed by atoms with Gasteiger partial charge in [-0.2, -0.15) is 5.26 Å². The number of benzene rings is 1. The van der Waals surface area contributed by atoms with Gasteiger partial charge in [0.25, 0.3) is 0 Å². The highest BCUT2D eigenvalue weighted by atomic mass is 32.1. The molecule has 3 heteroatoms. The van der Waals surface area contributed by atoms with Crippen molar-refractivity contribution in [3.63, 3.8) is 0 Å². The van der Waals surface area contributed by atoms with Crippen molar-refractivity contribution in [1.29, 1.82) is 5.26 Å². The number of aryl methyl sites for hydroxylation is 1. The van der Waals surface area contributed by atoms with Crippen molar-refractivity contribution in [1.82, 2.24) is 0 Å². The highest BCUT2D eigenvalue weighted by Gasteiger charge is 2.09. The quantitative estimate of drug-likeness (QED) is 0.713. The maximum atomic E-state index is 9.01. The second-order valence-electron chi connectivity index (χ2n) is 3.05. The molecule has 0 unspecified atom stereocenters. The predicted molar refractivity (Wildman–Crippen MR) is 57.8 cm³/mol. The summed E-state index contributed by atoms with van der Waals surface area (Å²) in [4.78, 5) is 0. The van der Waals surface area contributed by atoms with Crippen molar-refractivity contribution in [2.75, 3.05) is 7.11 Å². The Morgan fingerprint density at radius 1 is 1.43 bits per heavy atom. The van der Waals surface area contributed by atoms with Crippen molar-refractivity contribution in [2.45, 2.75) is 6.92 Å². The first-order valence-electron chi connectivity index (χ1n) is 4.23. The highest BCUT2D eigenvalue weighted by molar-refractivity contribution is 7.17. The minimum absolute atomic E-state index is 0.760.